The number of Topliss-reactive ketones (excluding diaryl/α,β-unsaturated/α-hetero) is 1. The number of hydrogen-bond acceptors (Lipinski definition) is 8. The second kappa shape index (κ2) is 9.04. The van der Waals surface area contributed by atoms with Gasteiger partial charge >= 0.3 is 5.97 Å². The lowest BCUT2D eigenvalue weighted by Crippen LogP contribution is -2.56. The molecule has 0 saturated carbocycles. The first-order valence-electron chi connectivity index (χ1n) is 10.5. The van der Waals surface area contributed by atoms with E-state index in [1.807, 2.05) is 0 Å². The number of carboxylic acids is 1. The summed E-state index contributed by atoms with van der Waals surface area (Å²) < 4.78 is 28.1. The molecule has 1 aromatic carbocycles. The number of carboxylic acid groups (broad SMARTS) is 1. The van der Waals surface area contributed by atoms with Crippen molar-refractivity contribution in [1.82, 2.24) is 15.1 Å². The number of halogens is 2. The normalized spacial score (nSPS) is 22.1. The lowest BCUT2D eigenvalue weighted by Gasteiger charge is -2.42. The maximum absolute atomic E-state index is 14.6. The standard InChI is InChI=1S/C21H22F2N8O4/c22-10-1-2-14(13(23)7-10)31-9-12(19(34)35)16(33)11-8-15(32)18(27-17(11)31)29-3-5-30(6-4-29)21(26)28-20(24)25/h1-2,7-9,11,17,32H,3-6H2,(H,34,35)(H5,24,25,26,28). The SMILES string of the molecule is N=C(N)NC(=N)N1CCN(C2=NC3C(C=C2O)C(=O)C(C(=O)O)=CN3c2ccc(F)cc2F)CC1. The van der Waals surface area contributed by atoms with Crippen molar-refractivity contribution in [2.24, 2.45) is 16.6 Å². The van der Waals surface area contributed by atoms with E-state index in [9.17, 15) is 28.6 Å². The van der Waals surface area contributed by atoms with Crippen molar-refractivity contribution in [3.63, 3.8) is 0 Å². The van der Waals surface area contributed by atoms with Gasteiger partial charge in [-0.25, -0.2) is 18.6 Å². The van der Waals surface area contributed by atoms with Gasteiger partial charge < -0.3 is 30.6 Å². The molecule has 1 aromatic rings. The summed E-state index contributed by atoms with van der Waals surface area (Å²) in [5, 5.41) is 37.7. The highest BCUT2D eigenvalue weighted by molar-refractivity contribution is 6.20. The van der Waals surface area contributed by atoms with Crippen molar-refractivity contribution in [1.29, 1.82) is 10.8 Å². The van der Waals surface area contributed by atoms with Crippen LogP contribution in [0.4, 0.5) is 14.5 Å². The van der Waals surface area contributed by atoms with Crippen LogP contribution in [0.1, 0.15) is 0 Å². The minimum Gasteiger partial charge on any atom is -0.504 e. The molecule has 0 bridgehead atoms. The number of fused-ring (bicyclic) bond motifs is 1. The van der Waals surface area contributed by atoms with E-state index in [0.29, 0.717) is 32.2 Å². The number of dihydropyridines is 1. The van der Waals surface area contributed by atoms with Crippen LogP contribution in [0.5, 0.6) is 0 Å². The average molecular weight is 488 g/mol. The predicted octanol–water partition coefficient (Wildman–Crippen LogP) is 0.154. The molecule has 7 N–H and O–H groups in total. The number of guanidine groups is 2. The number of ketones is 1. The number of piperazine rings is 1. The predicted molar refractivity (Wildman–Crippen MR) is 121 cm³/mol. The van der Waals surface area contributed by atoms with Gasteiger partial charge in [-0.2, -0.15) is 0 Å². The number of nitrogens with zero attached hydrogens (tertiary/aromatic N) is 4. The van der Waals surface area contributed by atoms with Crippen LogP contribution in [-0.2, 0) is 9.59 Å². The van der Waals surface area contributed by atoms with E-state index in [1.165, 1.54) is 6.08 Å². The van der Waals surface area contributed by atoms with Gasteiger partial charge in [0.1, 0.15) is 23.4 Å². The minimum absolute atomic E-state index is 0.0512. The van der Waals surface area contributed by atoms with E-state index >= 15 is 0 Å². The Kier molecular flexibility index (Phi) is 6.11. The molecule has 184 valence electrons. The number of amidine groups is 1. The smallest absolute Gasteiger partial charge is 0.340 e. The minimum atomic E-state index is -1.53. The summed E-state index contributed by atoms with van der Waals surface area (Å²) in [5.41, 5.74) is 4.45. The number of anilines is 1. The van der Waals surface area contributed by atoms with E-state index in [-0.39, 0.29) is 29.2 Å². The highest BCUT2D eigenvalue weighted by Crippen LogP contribution is 2.35. The topological polar surface area (TPSA) is 182 Å². The van der Waals surface area contributed by atoms with Crippen LogP contribution in [0.15, 0.2) is 46.8 Å². The van der Waals surface area contributed by atoms with Crippen molar-refractivity contribution in [3.05, 3.63) is 53.4 Å². The van der Waals surface area contributed by atoms with E-state index in [0.717, 1.165) is 23.2 Å². The first-order valence-corrected chi connectivity index (χ1v) is 10.5. The summed E-state index contributed by atoms with van der Waals surface area (Å²) in [5.74, 6) is -5.99. The van der Waals surface area contributed by atoms with Crippen molar-refractivity contribution in [3.8, 4) is 0 Å². The number of rotatable bonds is 2. The zero-order valence-electron chi connectivity index (χ0n) is 18.2. The number of carbonyl (C=O) groups is 2. The third-order valence-corrected chi connectivity index (χ3v) is 5.83. The molecule has 12 nitrogen and oxygen atoms in total. The first-order chi connectivity index (χ1) is 16.6. The number of hydrogen-bond donors (Lipinski definition) is 6. The van der Waals surface area contributed by atoms with Crippen LogP contribution < -0.4 is 16.0 Å². The molecule has 2 atom stereocenters. The lowest BCUT2D eigenvalue weighted by atomic mass is 9.88. The Hall–Kier alpha value is -4.49. The number of aliphatic hydroxyl groups is 1. The van der Waals surface area contributed by atoms with Gasteiger partial charge in [-0.15, -0.1) is 0 Å². The highest BCUT2D eigenvalue weighted by atomic mass is 19.1. The van der Waals surface area contributed by atoms with Crippen LogP contribution in [-0.4, -0.2) is 81.9 Å². The Morgan fingerprint density at radius 2 is 1.89 bits per heavy atom. The van der Waals surface area contributed by atoms with Crippen LogP contribution in [0, 0.1) is 28.4 Å². The van der Waals surface area contributed by atoms with Gasteiger partial charge in [0.05, 0.1) is 11.6 Å². The van der Waals surface area contributed by atoms with Crippen molar-refractivity contribution < 1.29 is 28.6 Å². The van der Waals surface area contributed by atoms with E-state index in [1.54, 1.807) is 9.80 Å². The number of carbonyl (C=O) groups excluding carboxylic acids is 1. The number of aliphatic imine (C=N–C) groups is 1. The van der Waals surface area contributed by atoms with Crippen LogP contribution in [0.2, 0.25) is 0 Å². The van der Waals surface area contributed by atoms with Gasteiger partial charge in [0.25, 0.3) is 0 Å². The molecule has 0 spiro atoms. The zero-order chi connectivity index (χ0) is 25.4. The van der Waals surface area contributed by atoms with E-state index in [2.05, 4.69) is 10.3 Å². The molecule has 0 amide bonds. The van der Waals surface area contributed by atoms with Crippen molar-refractivity contribution in [2.45, 2.75) is 6.17 Å². The number of nitrogens with one attached hydrogen (secondary N) is 3. The van der Waals surface area contributed by atoms with Gasteiger partial charge in [0, 0.05) is 38.4 Å². The molecule has 3 aliphatic heterocycles. The fourth-order valence-electron chi connectivity index (χ4n) is 4.16. The molecule has 0 radical (unpaired) electrons. The molecule has 1 fully saturated rings. The molecule has 3 aliphatic rings. The van der Waals surface area contributed by atoms with Crippen LogP contribution >= 0.6 is 0 Å². The van der Waals surface area contributed by atoms with E-state index in [4.69, 9.17) is 16.6 Å². The Morgan fingerprint density at radius 1 is 1.20 bits per heavy atom. The molecule has 14 heteroatoms. The molecule has 3 heterocycles. The second-order valence-electron chi connectivity index (χ2n) is 8.02. The summed E-state index contributed by atoms with van der Waals surface area (Å²) in [6.45, 7) is 1.28. The zero-order valence-corrected chi connectivity index (χ0v) is 18.2. The van der Waals surface area contributed by atoms with Gasteiger partial charge in [0.2, 0.25) is 0 Å². The van der Waals surface area contributed by atoms with Gasteiger partial charge in [-0.05, 0) is 18.2 Å². The van der Waals surface area contributed by atoms with Gasteiger partial charge in [0.15, 0.2) is 29.3 Å². The summed E-state index contributed by atoms with van der Waals surface area (Å²) >= 11 is 0. The van der Waals surface area contributed by atoms with Crippen LogP contribution in [0.3, 0.4) is 0 Å². The molecule has 35 heavy (non-hydrogen) atoms. The largest absolute Gasteiger partial charge is 0.504 e. The summed E-state index contributed by atoms with van der Waals surface area (Å²) in [6, 6.07) is 2.76. The molecule has 1 saturated heterocycles. The molecule has 0 aliphatic carbocycles. The third-order valence-electron chi connectivity index (χ3n) is 5.83. The molecular formula is C21H22F2N8O4. The number of nitrogens with two attached hydrogens (primary N) is 1. The van der Waals surface area contributed by atoms with Gasteiger partial charge in [-0.1, -0.05) is 0 Å². The fourth-order valence-corrected chi connectivity index (χ4v) is 4.16. The average Bonchev–Trinajstić information content (AvgIpc) is 2.79. The quantitative estimate of drug-likeness (QED) is 0.192. The first kappa shape index (κ1) is 23.7. The Balaban J connectivity index is 1.66. The maximum atomic E-state index is 14.6. The second-order valence-corrected chi connectivity index (χ2v) is 8.02. The number of benzene rings is 1. The summed E-state index contributed by atoms with van der Waals surface area (Å²) in [7, 11) is 0. The van der Waals surface area contributed by atoms with E-state index < -0.39 is 41.0 Å². The molecule has 0 aromatic heterocycles. The summed E-state index contributed by atoms with van der Waals surface area (Å²) in [4.78, 5) is 33.4. The van der Waals surface area contributed by atoms with Gasteiger partial charge in [-0.3, -0.25) is 20.9 Å². The third kappa shape index (κ3) is 4.49. The van der Waals surface area contributed by atoms with Crippen LogP contribution in [0.25, 0.3) is 0 Å². The monoisotopic (exact) mass is 488 g/mol. The Morgan fingerprint density at radius 3 is 2.49 bits per heavy atom. The van der Waals surface area contributed by atoms with Crippen molar-refractivity contribution in [2.75, 3.05) is 31.1 Å². The van der Waals surface area contributed by atoms with Crippen molar-refractivity contribution >= 4 is 35.2 Å². The highest BCUT2D eigenvalue weighted by Gasteiger charge is 2.44. The molecule has 2 unspecified atom stereocenters. The molecular weight excluding hydrogens is 466 g/mol. The Bertz CT molecular complexity index is 1210. The maximum Gasteiger partial charge on any atom is 0.340 e. The fraction of sp³-hybridized carbons (Fsp3) is 0.286. The summed E-state index contributed by atoms with van der Waals surface area (Å²) in [6.07, 6.45) is 1.03. The number of aliphatic hydroxyl groups excluding tert-OH is 1. The molecule has 4 rings (SSSR count). The Labute approximate surface area is 197 Å². The lowest BCUT2D eigenvalue weighted by molar-refractivity contribution is -0.135. The number of aliphatic carboxylic acids is 1.